The zero-order chi connectivity index (χ0) is 12.5. The molecule has 1 unspecified atom stereocenters. The fourth-order valence-corrected chi connectivity index (χ4v) is 3.86. The van der Waals surface area contributed by atoms with Crippen LogP contribution in [0.25, 0.3) is 0 Å². The van der Waals surface area contributed by atoms with E-state index in [1.165, 1.54) is 24.0 Å². The van der Waals surface area contributed by atoms with Gasteiger partial charge in [0.2, 0.25) is 0 Å². The Bertz CT molecular complexity index is 452. The summed E-state index contributed by atoms with van der Waals surface area (Å²) in [6.07, 6.45) is 3.51. The third kappa shape index (κ3) is 2.40. The third-order valence-electron chi connectivity index (χ3n) is 3.88. The van der Waals surface area contributed by atoms with Crippen LogP contribution in [0.15, 0.2) is 16.6 Å². The van der Waals surface area contributed by atoms with E-state index in [1.807, 2.05) is 0 Å². The van der Waals surface area contributed by atoms with Gasteiger partial charge in [0.15, 0.2) is 0 Å². The maximum absolute atomic E-state index is 6.04. The summed E-state index contributed by atoms with van der Waals surface area (Å²) in [4.78, 5) is 2.48. The van der Waals surface area contributed by atoms with E-state index in [1.54, 1.807) is 0 Å². The molecular formula is C14H17BrClNO. The van der Waals surface area contributed by atoms with Crippen molar-refractivity contribution in [3.8, 4) is 5.75 Å². The molecule has 2 heterocycles. The van der Waals surface area contributed by atoms with Gasteiger partial charge in [0.1, 0.15) is 5.75 Å². The number of hydrogen-bond donors (Lipinski definition) is 0. The molecule has 1 saturated heterocycles. The molecule has 1 aromatic carbocycles. The molecule has 1 atom stereocenters. The first-order valence-electron chi connectivity index (χ1n) is 6.52. The summed E-state index contributed by atoms with van der Waals surface area (Å²) in [5.41, 5.74) is 2.63. The number of alkyl halides is 1. The molecule has 1 aromatic rings. The molecule has 18 heavy (non-hydrogen) atoms. The highest BCUT2D eigenvalue weighted by Crippen LogP contribution is 2.35. The lowest BCUT2D eigenvalue weighted by Gasteiger charge is -2.23. The van der Waals surface area contributed by atoms with E-state index < -0.39 is 0 Å². The van der Waals surface area contributed by atoms with Crippen LogP contribution in [0, 0.1) is 0 Å². The molecular weight excluding hydrogens is 314 g/mol. The maximum Gasteiger partial charge on any atom is 0.127 e. The van der Waals surface area contributed by atoms with Crippen LogP contribution in [-0.2, 0) is 13.0 Å². The molecule has 0 saturated carbocycles. The Morgan fingerprint density at radius 1 is 1.44 bits per heavy atom. The highest BCUT2D eigenvalue weighted by Gasteiger charge is 2.26. The van der Waals surface area contributed by atoms with Gasteiger partial charge < -0.3 is 4.74 Å². The Labute approximate surface area is 121 Å². The molecule has 98 valence electrons. The van der Waals surface area contributed by atoms with Crippen LogP contribution >= 0.6 is 27.5 Å². The number of benzene rings is 1. The second-order valence-corrected chi connectivity index (χ2v) is 6.30. The Kier molecular flexibility index (Phi) is 3.83. The minimum absolute atomic E-state index is 0.530. The van der Waals surface area contributed by atoms with E-state index in [2.05, 4.69) is 33.0 Å². The Morgan fingerprint density at radius 2 is 2.33 bits per heavy atom. The number of hydrogen-bond acceptors (Lipinski definition) is 2. The average Bonchev–Trinajstić information content (AvgIpc) is 2.96. The summed E-state index contributed by atoms with van der Waals surface area (Å²) >= 11 is 9.63. The van der Waals surface area contributed by atoms with Crippen LogP contribution in [0.3, 0.4) is 0 Å². The van der Waals surface area contributed by atoms with Crippen molar-refractivity contribution >= 4 is 27.5 Å². The SMILES string of the molecule is ClCC1CCCN1Cc1cc(Br)cc2c1OCC2. The van der Waals surface area contributed by atoms with Gasteiger partial charge in [-0.3, -0.25) is 4.90 Å². The predicted molar refractivity (Wildman–Crippen MR) is 77.5 cm³/mol. The average molecular weight is 331 g/mol. The molecule has 2 nitrogen and oxygen atoms in total. The van der Waals surface area contributed by atoms with Crippen LogP contribution in [0.5, 0.6) is 5.75 Å². The van der Waals surface area contributed by atoms with E-state index in [0.29, 0.717) is 6.04 Å². The lowest BCUT2D eigenvalue weighted by Crippen LogP contribution is -2.30. The van der Waals surface area contributed by atoms with Crippen LogP contribution in [0.1, 0.15) is 24.0 Å². The third-order valence-corrected chi connectivity index (χ3v) is 4.69. The van der Waals surface area contributed by atoms with Crippen molar-refractivity contribution in [2.45, 2.75) is 31.8 Å². The number of likely N-dealkylation sites (tertiary alicyclic amines) is 1. The predicted octanol–water partition coefficient (Wildman–Crippen LogP) is 3.59. The standard InChI is InChI=1S/C14H17BrClNO/c15-12-6-10-3-5-18-14(10)11(7-12)9-17-4-1-2-13(17)8-16/h6-7,13H,1-5,8-9H2. The molecule has 0 aromatic heterocycles. The fraction of sp³-hybridized carbons (Fsp3) is 0.571. The van der Waals surface area contributed by atoms with Crippen molar-refractivity contribution in [3.05, 3.63) is 27.7 Å². The van der Waals surface area contributed by atoms with Crippen molar-refractivity contribution in [1.82, 2.24) is 4.90 Å². The molecule has 2 aliphatic rings. The molecule has 0 radical (unpaired) electrons. The highest BCUT2D eigenvalue weighted by atomic mass is 79.9. The molecule has 3 rings (SSSR count). The van der Waals surface area contributed by atoms with Gasteiger partial charge in [-0.15, -0.1) is 11.6 Å². The summed E-state index contributed by atoms with van der Waals surface area (Å²) in [6, 6.07) is 4.89. The number of nitrogens with zero attached hydrogens (tertiary/aromatic N) is 1. The van der Waals surface area contributed by atoms with E-state index in [9.17, 15) is 0 Å². The van der Waals surface area contributed by atoms with Gasteiger partial charge in [0.05, 0.1) is 6.61 Å². The van der Waals surface area contributed by atoms with Crippen LogP contribution in [0.2, 0.25) is 0 Å². The number of ether oxygens (including phenoxy) is 1. The fourth-order valence-electron chi connectivity index (χ4n) is 2.96. The van der Waals surface area contributed by atoms with Crippen LogP contribution in [0.4, 0.5) is 0 Å². The summed E-state index contributed by atoms with van der Waals surface area (Å²) in [5, 5.41) is 0. The largest absolute Gasteiger partial charge is 0.493 e. The van der Waals surface area contributed by atoms with Gasteiger partial charge in [0, 0.05) is 34.9 Å². The van der Waals surface area contributed by atoms with Crippen molar-refractivity contribution in [1.29, 1.82) is 0 Å². The Balaban J connectivity index is 1.84. The van der Waals surface area contributed by atoms with Crippen molar-refractivity contribution in [3.63, 3.8) is 0 Å². The van der Waals surface area contributed by atoms with Crippen LogP contribution in [-0.4, -0.2) is 30.0 Å². The van der Waals surface area contributed by atoms with Gasteiger partial charge in [-0.1, -0.05) is 15.9 Å². The molecule has 4 heteroatoms. The molecule has 1 fully saturated rings. The highest BCUT2D eigenvalue weighted by molar-refractivity contribution is 9.10. The first-order chi connectivity index (χ1) is 8.78. The number of halogens is 2. The van der Waals surface area contributed by atoms with Crippen LogP contribution < -0.4 is 4.74 Å². The lowest BCUT2D eigenvalue weighted by molar-refractivity contribution is 0.257. The van der Waals surface area contributed by atoms with E-state index in [-0.39, 0.29) is 0 Å². The van der Waals surface area contributed by atoms with E-state index in [4.69, 9.17) is 16.3 Å². The summed E-state index contributed by atoms with van der Waals surface area (Å²) in [6.45, 7) is 2.93. The summed E-state index contributed by atoms with van der Waals surface area (Å²) in [5.74, 6) is 1.84. The lowest BCUT2D eigenvalue weighted by atomic mass is 10.1. The zero-order valence-corrected chi connectivity index (χ0v) is 12.6. The van der Waals surface area contributed by atoms with E-state index in [0.717, 1.165) is 42.2 Å². The van der Waals surface area contributed by atoms with Gasteiger partial charge >= 0.3 is 0 Å². The second kappa shape index (κ2) is 5.40. The van der Waals surface area contributed by atoms with Crippen molar-refractivity contribution in [2.75, 3.05) is 19.0 Å². The molecule has 0 amide bonds. The minimum atomic E-state index is 0.530. The van der Waals surface area contributed by atoms with E-state index >= 15 is 0 Å². The molecule has 0 N–H and O–H groups in total. The summed E-state index contributed by atoms with van der Waals surface area (Å²) < 4.78 is 6.94. The quantitative estimate of drug-likeness (QED) is 0.785. The maximum atomic E-state index is 6.04. The summed E-state index contributed by atoms with van der Waals surface area (Å²) in [7, 11) is 0. The molecule has 0 aliphatic carbocycles. The monoisotopic (exact) mass is 329 g/mol. The Hall–Kier alpha value is -0.250. The van der Waals surface area contributed by atoms with Gasteiger partial charge in [0.25, 0.3) is 0 Å². The Morgan fingerprint density at radius 3 is 3.17 bits per heavy atom. The van der Waals surface area contributed by atoms with Gasteiger partial charge in [-0.05, 0) is 37.1 Å². The van der Waals surface area contributed by atoms with Gasteiger partial charge in [-0.25, -0.2) is 0 Å². The molecule has 2 aliphatic heterocycles. The zero-order valence-electron chi connectivity index (χ0n) is 10.3. The molecule has 0 bridgehead atoms. The minimum Gasteiger partial charge on any atom is -0.493 e. The van der Waals surface area contributed by atoms with Gasteiger partial charge in [-0.2, -0.15) is 0 Å². The smallest absolute Gasteiger partial charge is 0.127 e. The van der Waals surface area contributed by atoms with Crippen molar-refractivity contribution in [2.24, 2.45) is 0 Å². The van der Waals surface area contributed by atoms with Crippen molar-refractivity contribution < 1.29 is 4.74 Å². The first kappa shape index (κ1) is 12.8. The molecule has 0 spiro atoms. The number of fused-ring (bicyclic) bond motifs is 1. The topological polar surface area (TPSA) is 12.5 Å². The first-order valence-corrected chi connectivity index (χ1v) is 7.85. The number of rotatable bonds is 3. The second-order valence-electron chi connectivity index (χ2n) is 5.07. The normalized spacial score (nSPS) is 23.1.